The lowest BCUT2D eigenvalue weighted by atomic mass is 10.3. The smallest absolute Gasteiger partial charge is 0.246 e. The van der Waals surface area contributed by atoms with Gasteiger partial charge in [-0.25, -0.2) is 15.0 Å². The summed E-state index contributed by atoms with van der Waals surface area (Å²) in [4.78, 5) is 14.5. The zero-order chi connectivity index (χ0) is 15.5. The van der Waals surface area contributed by atoms with E-state index in [1.807, 2.05) is 26.1 Å². The summed E-state index contributed by atoms with van der Waals surface area (Å²) in [7, 11) is 1.99. The third kappa shape index (κ3) is 2.76. The van der Waals surface area contributed by atoms with Crippen LogP contribution in [0.25, 0.3) is 11.0 Å². The van der Waals surface area contributed by atoms with Gasteiger partial charge in [-0.2, -0.15) is 0 Å². The van der Waals surface area contributed by atoms with E-state index in [1.54, 1.807) is 12.3 Å². The fourth-order valence-electron chi connectivity index (χ4n) is 2.14. The summed E-state index contributed by atoms with van der Waals surface area (Å²) in [6.07, 6.45) is 1.66. The van der Waals surface area contributed by atoms with Crippen LogP contribution in [0.3, 0.4) is 0 Å². The number of rotatable bonds is 0. The number of nitrogens with zero attached hydrogens (tertiary/aromatic N) is 5. The molecule has 0 fully saturated rings. The highest BCUT2D eigenvalue weighted by atomic mass is 16.5. The molecule has 114 valence electrons. The molecule has 8 heteroatoms. The molecule has 1 aliphatic rings. The van der Waals surface area contributed by atoms with E-state index in [2.05, 4.69) is 30.0 Å². The second-order valence-corrected chi connectivity index (χ2v) is 4.87. The van der Waals surface area contributed by atoms with Crippen LogP contribution < -0.4 is 15.4 Å². The monoisotopic (exact) mass is 299 g/mol. The minimum Gasteiger partial charge on any atom is -0.474 e. The standard InChI is InChI=1S/C9H11N5O.C5H6N2/c1-5-10-7-6-8(11-5)14(2)3-4-15-9(6)13-12-7;6-5-3-1-2-4-7-5/h3-4H2,1-2H3,(H,10,11,12,13);1-4H,(H2,6,7). The first-order chi connectivity index (χ1) is 10.6. The fourth-order valence-corrected chi connectivity index (χ4v) is 2.14. The SMILES string of the molecule is Cc1nc2c3c(n[nH]c3n1)OCCN2C.Nc1ccccn1. The van der Waals surface area contributed by atoms with Gasteiger partial charge in [0.25, 0.3) is 0 Å². The van der Waals surface area contributed by atoms with Gasteiger partial charge in [-0.3, -0.25) is 5.10 Å². The molecule has 0 spiro atoms. The van der Waals surface area contributed by atoms with Crippen LogP contribution >= 0.6 is 0 Å². The highest BCUT2D eigenvalue weighted by Gasteiger charge is 2.20. The van der Waals surface area contributed by atoms with E-state index in [-0.39, 0.29) is 0 Å². The largest absolute Gasteiger partial charge is 0.474 e. The van der Waals surface area contributed by atoms with Gasteiger partial charge in [0, 0.05) is 13.2 Å². The van der Waals surface area contributed by atoms with E-state index in [9.17, 15) is 0 Å². The summed E-state index contributed by atoms with van der Waals surface area (Å²) in [5.74, 6) is 2.80. The molecule has 0 aromatic carbocycles. The first kappa shape index (κ1) is 14.1. The van der Waals surface area contributed by atoms with Crippen LogP contribution in [-0.4, -0.2) is 45.3 Å². The zero-order valence-corrected chi connectivity index (χ0v) is 12.4. The summed E-state index contributed by atoms with van der Waals surface area (Å²) in [5, 5.41) is 7.82. The molecule has 3 aromatic rings. The molecule has 8 nitrogen and oxygen atoms in total. The fraction of sp³-hybridized carbons (Fsp3) is 0.286. The van der Waals surface area contributed by atoms with Gasteiger partial charge in [0.1, 0.15) is 29.5 Å². The predicted molar refractivity (Wildman–Crippen MR) is 83.8 cm³/mol. The van der Waals surface area contributed by atoms with Gasteiger partial charge in [-0.1, -0.05) is 6.07 Å². The Hall–Kier alpha value is -2.90. The number of nitrogens with one attached hydrogen (secondary N) is 1. The van der Waals surface area contributed by atoms with Crippen LogP contribution in [0.5, 0.6) is 5.88 Å². The summed E-state index contributed by atoms with van der Waals surface area (Å²) in [5.41, 5.74) is 5.98. The van der Waals surface area contributed by atoms with Crippen molar-refractivity contribution < 1.29 is 4.74 Å². The molecule has 0 saturated carbocycles. The van der Waals surface area contributed by atoms with Crippen molar-refractivity contribution in [1.29, 1.82) is 0 Å². The number of nitrogens with two attached hydrogens (primary N) is 1. The molecule has 4 rings (SSSR count). The van der Waals surface area contributed by atoms with Crippen molar-refractivity contribution >= 4 is 22.7 Å². The van der Waals surface area contributed by atoms with E-state index in [4.69, 9.17) is 10.5 Å². The Balaban J connectivity index is 0.000000174. The molecule has 3 N–H and O–H groups in total. The molecule has 0 radical (unpaired) electrons. The Bertz CT molecular complexity index is 771. The van der Waals surface area contributed by atoms with Gasteiger partial charge < -0.3 is 15.4 Å². The van der Waals surface area contributed by atoms with E-state index in [1.165, 1.54) is 0 Å². The number of anilines is 2. The number of hydrogen-bond acceptors (Lipinski definition) is 7. The zero-order valence-electron chi connectivity index (χ0n) is 12.4. The number of hydrogen-bond donors (Lipinski definition) is 2. The van der Waals surface area contributed by atoms with E-state index in [0.717, 1.165) is 29.2 Å². The number of pyridine rings is 1. The summed E-state index contributed by atoms with van der Waals surface area (Å²) < 4.78 is 5.51. The maximum absolute atomic E-state index is 5.51. The molecule has 3 aromatic heterocycles. The minimum atomic E-state index is 0.572. The van der Waals surface area contributed by atoms with E-state index in [0.29, 0.717) is 18.3 Å². The van der Waals surface area contributed by atoms with Gasteiger partial charge >= 0.3 is 0 Å². The molecule has 0 saturated heterocycles. The van der Waals surface area contributed by atoms with Crippen molar-refractivity contribution in [2.75, 3.05) is 30.8 Å². The molecule has 0 bridgehead atoms. The van der Waals surface area contributed by atoms with Gasteiger partial charge in [-0.15, -0.1) is 5.10 Å². The number of ether oxygens (including phenoxy) is 1. The Morgan fingerprint density at radius 3 is 2.86 bits per heavy atom. The summed E-state index contributed by atoms with van der Waals surface area (Å²) in [6, 6.07) is 5.43. The molecular formula is C14H17N7O. The number of likely N-dealkylation sites (N-methyl/N-ethyl adjacent to an activating group) is 1. The Morgan fingerprint density at radius 1 is 1.32 bits per heavy atom. The van der Waals surface area contributed by atoms with Crippen molar-refractivity contribution in [3.05, 3.63) is 30.2 Å². The van der Waals surface area contributed by atoms with Crippen molar-refractivity contribution in [2.45, 2.75) is 6.92 Å². The summed E-state index contributed by atoms with van der Waals surface area (Å²) in [6.45, 7) is 3.30. The average molecular weight is 299 g/mol. The van der Waals surface area contributed by atoms with E-state index >= 15 is 0 Å². The van der Waals surface area contributed by atoms with Crippen molar-refractivity contribution in [2.24, 2.45) is 0 Å². The molecule has 0 unspecified atom stereocenters. The van der Waals surface area contributed by atoms with Gasteiger partial charge in [-0.05, 0) is 19.1 Å². The molecule has 0 amide bonds. The number of nitrogen functional groups attached to an aromatic ring is 1. The summed E-state index contributed by atoms with van der Waals surface area (Å²) >= 11 is 0. The Morgan fingerprint density at radius 2 is 2.18 bits per heavy atom. The van der Waals surface area contributed by atoms with Crippen molar-refractivity contribution in [3.8, 4) is 5.88 Å². The van der Waals surface area contributed by atoms with Crippen molar-refractivity contribution in [1.82, 2.24) is 25.1 Å². The molecule has 0 aliphatic carbocycles. The minimum absolute atomic E-state index is 0.572. The lowest BCUT2D eigenvalue weighted by molar-refractivity contribution is 0.320. The second-order valence-electron chi connectivity index (χ2n) is 4.87. The normalized spacial score (nSPS) is 13.1. The van der Waals surface area contributed by atoms with Gasteiger partial charge in [0.05, 0.1) is 6.54 Å². The average Bonchev–Trinajstić information content (AvgIpc) is 2.83. The quantitative estimate of drug-likeness (QED) is 0.641. The first-order valence-electron chi connectivity index (χ1n) is 6.88. The Kier molecular flexibility index (Phi) is 3.73. The molecule has 22 heavy (non-hydrogen) atoms. The maximum atomic E-state index is 5.51. The lowest BCUT2D eigenvalue weighted by Gasteiger charge is -2.15. The molecule has 0 atom stereocenters. The van der Waals surface area contributed by atoms with Gasteiger partial charge in [0.2, 0.25) is 5.88 Å². The Labute approximate surface area is 127 Å². The van der Waals surface area contributed by atoms with Crippen LogP contribution in [0, 0.1) is 6.92 Å². The molecular weight excluding hydrogens is 282 g/mol. The third-order valence-corrected chi connectivity index (χ3v) is 3.19. The number of H-pyrrole nitrogens is 1. The van der Waals surface area contributed by atoms with E-state index < -0.39 is 0 Å². The second kappa shape index (κ2) is 5.84. The van der Waals surface area contributed by atoms with Crippen LogP contribution in [0.2, 0.25) is 0 Å². The number of aromatic amines is 1. The number of aryl methyl sites for hydroxylation is 1. The lowest BCUT2D eigenvalue weighted by Crippen LogP contribution is -2.23. The third-order valence-electron chi connectivity index (χ3n) is 3.19. The van der Waals surface area contributed by atoms with Crippen molar-refractivity contribution in [3.63, 3.8) is 0 Å². The van der Waals surface area contributed by atoms with Crippen LogP contribution in [0.15, 0.2) is 24.4 Å². The maximum Gasteiger partial charge on any atom is 0.246 e. The topological polar surface area (TPSA) is 106 Å². The highest BCUT2D eigenvalue weighted by Crippen LogP contribution is 2.31. The highest BCUT2D eigenvalue weighted by molar-refractivity contribution is 5.92. The van der Waals surface area contributed by atoms with Crippen LogP contribution in [0.4, 0.5) is 11.6 Å². The van der Waals surface area contributed by atoms with Crippen LogP contribution in [0.1, 0.15) is 5.82 Å². The predicted octanol–water partition coefficient (Wildman–Crippen LogP) is 1.15. The molecule has 4 heterocycles. The number of aromatic nitrogens is 5. The van der Waals surface area contributed by atoms with Crippen LogP contribution in [-0.2, 0) is 0 Å². The first-order valence-corrected chi connectivity index (χ1v) is 6.88. The molecule has 1 aliphatic heterocycles. The van der Waals surface area contributed by atoms with Gasteiger partial charge in [0.15, 0.2) is 5.65 Å².